The minimum absolute atomic E-state index is 0.101. The molecule has 0 bridgehead atoms. The van der Waals surface area contributed by atoms with Crippen molar-refractivity contribution in [1.29, 1.82) is 0 Å². The number of nitrogens with zero attached hydrogens (tertiary/aromatic N) is 4. The second-order valence-electron chi connectivity index (χ2n) is 6.59. The fraction of sp³-hybridized carbons (Fsp3) is 0.250. The average molecular weight is 384 g/mol. The first-order valence-electron chi connectivity index (χ1n) is 8.94. The summed E-state index contributed by atoms with van der Waals surface area (Å²) in [6, 6.07) is 11.5. The van der Waals surface area contributed by atoms with E-state index in [0.717, 1.165) is 0 Å². The first kappa shape index (κ1) is 18.2. The minimum atomic E-state index is -0.360. The van der Waals surface area contributed by atoms with Gasteiger partial charge < -0.3 is 9.42 Å². The Morgan fingerprint density at radius 1 is 0.929 bits per heavy atom. The third-order valence-electron chi connectivity index (χ3n) is 4.68. The maximum Gasteiger partial charge on any atom is 0.253 e. The average Bonchev–Trinajstić information content (AvgIpc) is 3.18. The summed E-state index contributed by atoms with van der Waals surface area (Å²) in [5.74, 6) is 0.107. The fourth-order valence-electron chi connectivity index (χ4n) is 3.11. The Morgan fingerprint density at radius 2 is 1.54 bits per heavy atom. The quantitative estimate of drug-likeness (QED) is 0.692. The van der Waals surface area contributed by atoms with Gasteiger partial charge in [-0.05, 0) is 48.5 Å². The lowest BCUT2D eigenvalue weighted by molar-refractivity contribution is 0.0615. The van der Waals surface area contributed by atoms with Crippen LogP contribution in [0.1, 0.15) is 16.2 Å². The highest BCUT2D eigenvalue weighted by atomic mass is 19.1. The fourth-order valence-corrected chi connectivity index (χ4v) is 3.11. The van der Waals surface area contributed by atoms with Gasteiger partial charge in [0.2, 0.25) is 11.7 Å². The van der Waals surface area contributed by atoms with Crippen molar-refractivity contribution in [1.82, 2.24) is 19.9 Å². The van der Waals surface area contributed by atoms with Crippen LogP contribution in [0.5, 0.6) is 0 Å². The molecule has 1 aliphatic rings. The molecule has 0 radical (unpaired) electrons. The van der Waals surface area contributed by atoms with Crippen LogP contribution in [-0.4, -0.2) is 52.0 Å². The van der Waals surface area contributed by atoms with E-state index in [1.165, 1.54) is 36.4 Å². The summed E-state index contributed by atoms with van der Waals surface area (Å²) in [4.78, 5) is 20.7. The Hall–Kier alpha value is -3.13. The van der Waals surface area contributed by atoms with Crippen molar-refractivity contribution in [3.05, 3.63) is 71.6 Å². The molecule has 1 aromatic heterocycles. The molecular formula is C20H18F2N4O2. The molecule has 144 valence electrons. The van der Waals surface area contributed by atoms with Gasteiger partial charge in [-0.3, -0.25) is 9.69 Å². The van der Waals surface area contributed by atoms with Crippen molar-refractivity contribution in [3.8, 4) is 11.4 Å². The summed E-state index contributed by atoms with van der Waals surface area (Å²) in [5, 5.41) is 3.94. The summed E-state index contributed by atoms with van der Waals surface area (Å²) in [6.45, 7) is 2.94. The van der Waals surface area contributed by atoms with E-state index >= 15 is 0 Å². The largest absolute Gasteiger partial charge is 0.338 e. The molecule has 1 saturated heterocycles. The molecule has 28 heavy (non-hydrogen) atoms. The second-order valence-corrected chi connectivity index (χ2v) is 6.59. The summed E-state index contributed by atoms with van der Waals surface area (Å²) >= 11 is 0. The molecule has 0 spiro atoms. The molecule has 0 aliphatic carbocycles. The number of hydrogen-bond donors (Lipinski definition) is 0. The standard InChI is InChI=1S/C20H18F2N4O2/c21-16-5-1-14(2-6-16)19-23-18(28-24-19)13-25-9-11-26(12-10-25)20(27)15-3-7-17(22)8-4-15/h1-8H,9-13H2. The van der Waals surface area contributed by atoms with E-state index in [0.29, 0.717) is 55.6 Å². The zero-order valence-electron chi connectivity index (χ0n) is 15.0. The number of hydrogen-bond acceptors (Lipinski definition) is 5. The molecule has 6 nitrogen and oxygen atoms in total. The van der Waals surface area contributed by atoms with E-state index in [4.69, 9.17) is 4.52 Å². The van der Waals surface area contributed by atoms with E-state index in [9.17, 15) is 13.6 Å². The van der Waals surface area contributed by atoms with Crippen molar-refractivity contribution < 1.29 is 18.1 Å². The maximum atomic E-state index is 13.0. The van der Waals surface area contributed by atoms with Crippen molar-refractivity contribution in [2.45, 2.75) is 6.54 Å². The Bertz CT molecular complexity index is 949. The second kappa shape index (κ2) is 7.85. The van der Waals surface area contributed by atoms with Gasteiger partial charge in [0.05, 0.1) is 6.54 Å². The van der Waals surface area contributed by atoms with Gasteiger partial charge >= 0.3 is 0 Å². The number of carbonyl (C=O) groups excluding carboxylic acids is 1. The van der Waals surface area contributed by atoms with E-state index in [1.807, 2.05) is 0 Å². The number of rotatable bonds is 4. The van der Waals surface area contributed by atoms with E-state index in [1.54, 1.807) is 17.0 Å². The van der Waals surface area contributed by atoms with Crippen LogP contribution in [-0.2, 0) is 6.54 Å². The summed E-state index contributed by atoms with van der Waals surface area (Å²) in [6.07, 6.45) is 0. The molecule has 4 rings (SSSR count). The summed E-state index contributed by atoms with van der Waals surface area (Å²) in [7, 11) is 0. The highest BCUT2D eigenvalue weighted by Crippen LogP contribution is 2.17. The predicted octanol–water partition coefficient (Wildman–Crippen LogP) is 2.97. The van der Waals surface area contributed by atoms with Gasteiger partial charge in [0.25, 0.3) is 5.91 Å². The third kappa shape index (κ3) is 4.07. The Morgan fingerprint density at radius 3 is 2.18 bits per heavy atom. The van der Waals surface area contributed by atoms with Gasteiger partial charge in [-0.15, -0.1) is 0 Å². The van der Waals surface area contributed by atoms with Crippen molar-refractivity contribution in [2.24, 2.45) is 0 Å². The van der Waals surface area contributed by atoms with Crippen molar-refractivity contribution >= 4 is 5.91 Å². The number of carbonyl (C=O) groups is 1. The van der Waals surface area contributed by atoms with E-state index in [-0.39, 0.29) is 17.5 Å². The highest BCUT2D eigenvalue weighted by molar-refractivity contribution is 5.94. The Balaban J connectivity index is 1.33. The lowest BCUT2D eigenvalue weighted by Gasteiger charge is -2.34. The molecule has 1 aliphatic heterocycles. The van der Waals surface area contributed by atoms with Gasteiger partial charge in [0.15, 0.2) is 0 Å². The topological polar surface area (TPSA) is 62.5 Å². The monoisotopic (exact) mass is 384 g/mol. The molecule has 2 aromatic carbocycles. The molecule has 0 unspecified atom stereocenters. The zero-order chi connectivity index (χ0) is 19.5. The van der Waals surface area contributed by atoms with Crippen molar-refractivity contribution in [2.75, 3.05) is 26.2 Å². The molecular weight excluding hydrogens is 366 g/mol. The molecule has 3 aromatic rings. The number of aromatic nitrogens is 2. The highest BCUT2D eigenvalue weighted by Gasteiger charge is 2.23. The van der Waals surface area contributed by atoms with Crippen LogP contribution in [0.15, 0.2) is 53.1 Å². The lowest BCUT2D eigenvalue weighted by Crippen LogP contribution is -2.48. The normalized spacial score (nSPS) is 15.0. The number of amides is 1. The first-order chi connectivity index (χ1) is 13.6. The molecule has 1 amide bonds. The Labute approximate surface area is 160 Å². The van der Waals surface area contributed by atoms with Crippen LogP contribution >= 0.6 is 0 Å². The van der Waals surface area contributed by atoms with Gasteiger partial charge in [-0.2, -0.15) is 4.98 Å². The van der Waals surface area contributed by atoms with Gasteiger partial charge in [0, 0.05) is 37.3 Å². The van der Waals surface area contributed by atoms with Gasteiger partial charge in [0.1, 0.15) is 11.6 Å². The molecule has 0 atom stereocenters. The first-order valence-corrected chi connectivity index (χ1v) is 8.94. The summed E-state index contributed by atoms with van der Waals surface area (Å²) in [5.41, 5.74) is 1.17. The van der Waals surface area contributed by atoms with Gasteiger partial charge in [-0.1, -0.05) is 5.16 Å². The Kier molecular flexibility index (Phi) is 5.12. The SMILES string of the molecule is O=C(c1ccc(F)cc1)N1CCN(Cc2nc(-c3ccc(F)cc3)no2)CC1. The summed E-state index contributed by atoms with van der Waals surface area (Å²) < 4.78 is 31.3. The molecule has 1 fully saturated rings. The van der Waals surface area contributed by atoms with Crippen LogP contribution in [0, 0.1) is 11.6 Å². The van der Waals surface area contributed by atoms with E-state index < -0.39 is 0 Å². The third-order valence-corrected chi connectivity index (χ3v) is 4.68. The minimum Gasteiger partial charge on any atom is -0.338 e. The zero-order valence-corrected chi connectivity index (χ0v) is 15.0. The molecule has 8 heteroatoms. The van der Waals surface area contributed by atoms with Crippen LogP contribution < -0.4 is 0 Å². The molecule has 2 heterocycles. The van der Waals surface area contributed by atoms with Crippen molar-refractivity contribution in [3.63, 3.8) is 0 Å². The molecule has 0 N–H and O–H groups in total. The van der Waals surface area contributed by atoms with Gasteiger partial charge in [-0.25, -0.2) is 8.78 Å². The number of halogens is 2. The maximum absolute atomic E-state index is 13.0. The van der Waals surface area contributed by atoms with Crippen LogP contribution in [0.4, 0.5) is 8.78 Å². The number of benzene rings is 2. The predicted molar refractivity (Wildman–Crippen MR) is 97.3 cm³/mol. The number of piperazine rings is 1. The van der Waals surface area contributed by atoms with E-state index in [2.05, 4.69) is 15.0 Å². The lowest BCUT2D eigenvalue weighted by atomic mass is 10.2. The smallest absolute Gasteiger partial charge is 0.253 e. The van der Waals surface area contributed by atoms with Crippen LogP contribution in [0.3, 0.4) is 0 Å². The van der Waals surface area contributed by atoms with Crippen LogP contribution in [0.2, 0.25) is 0 Å². The molecule has 0 saturated carbocycles. The van der Waals surface area contributed by atoms with Crippen LogP contribution in [0.25, 0.3) is 11.4 Å².